The predicted octanol–water partition coefficient (Wildman–Crippen LogP) is 4.07. The number of halogens is 1. The molecule has 0 unspecified atom stereocenters. The zero-order chi connectivity index (χ0) is 13.9. The lowest BCUT2D eigenvalue weighted by molar-refractivity contribution is -0.0207. The molecule has 0 amide bonds. The van der Waals surface area contributed by atoms with Crippen LogP contribution in [0.25, 0.3) is 11.3 Å². The molecule has 0 atom stereocenters. The Morgan fingerprint density at radius 1 is 1.16 bits per heavy atom. The minimum Gasteiger partial charge on any atom is -0.368 e. The first-order valence-electron chi connectivity index (χ1n) is 6.27. The largest absolute Gasteiger partial charge is 0.368 e. The third kappa shape index (κ3) is 3.31. The zero-order valence-corrected chi connectivity index (χ0v) is 12.1. The van der Waals surface area contributed by atoms with Gasteiger partial charge >= 0.3 is 0 Å². The average Bonchev–Trinajstić information content (AvgIpc) is 2.39. The maximum atomic E-state index is 6.10. The van der Waals surface area contributed by atoms with E-state index < -0.39 is 5.60 Å². The predicted molar refractivity (Wildman–Crippen MR) is 77.1 cm³/mol. The van der Waals surface area contributed by atoms with E-state index in [-0.39, 0.29) is 0 Å². The quantitative estimate of drug-likeness (QED) is 0.790. The Bertz CT molecular complexity index is 555. The van der Waals surface area contributed by atoms with Gasteiger partial charge < -0.3 is 4.74 Å². The highest BCUT2D eigenvalue weighted by Crippen LogP contribution is 2.26. The van der Waals surface area contributed by atoms with Gasteiger partial charge in [-0.1, -0.05) is 41.9 Å². The van der Waals surface area contributed by atoms with Crippen molar-refractivity contribution in [3.05, 3.63) is 47.4 Å². The molecule has 0 radical (unpaired) electrons. The Kier molecular flexibility index (Phi) is 4.17. The summed E-state index contributed by atoms with van der Waals surface area (Å²) in [6.45, 7) is 6.43. The van der Waals surface area contributed by atoms with Gasteiger partial charge in [0.15, 0.2) is 5.82 Å². The number of hydrogen-bond donors (Lipinski definition) is 0. The normalized spacial score (nSPS) is 11.6. The highest BCUT2D eigenvalue weighted by atomic mass is 35.5. The lowest BCUT2D eigenvalue weighted by Crippen LogP contribution is -2.25. The van der Waals surface area contributed by atoms with Gasteiger partial charge in [0.25, 0.3) is 0 Å². The second-order valence-electron chi connectivity index (χ2n) is 4.71. The van der Waals surface area contributed by atoms with Gasteiger partial charge in [-0.25, -0.2) is 9.97 Å². The van der Waals surface area contributed by atoms with Gasteiger partial charge in [-0.15, -0.1) is 0 Å². The van der Waals surface area contributed by atoms with Crippen molar-refractivity contribution >= 4 is 11.6 Å². The second kappa shape index (κ2) is 5.68. The van der Waals surface area contributed by atoms with Crippen LogP contribution in [0.4, 0.5) is 0 Å². The first-order chi connectivity index (χ1) is 9.03. The first kappa shape index (κ1) is 14.0. The Hall–Kier alpha value is -1.45. The van der Waals surface area contributed by atoms with Crippen molar-refractivity contribution in [1.29, 1.82) is 0 Å². The lowest BCUT2D eigenvalue weighted by atomic mass is 10.1. The van der Waals surface area contributed by atoms with E-state index in [2.05, 4.69) is 9.97 Å². The number of benzene rings is 1. The number of aromatic nitrogens is 2. The van der Waals surface area contributed by atoms with Crippen LogP contribution in [-0.4, -0.2) is 16.6 Å². The third-order valence-corrected chi connectivity index (χ3v) is 3.00. The molecule has 0 bridgehead atoms. The Balaban J connectivity index is 2.46. The fraction of sp³-hybridized carbons (Fsp3) is 0.333. The van der Waals surface area contributed by atoms with Crippen LogP contribution in [-0.2, 0) is 10.3 Å². The molecule has 0 saturated carbocycles. The number of ether oxygens (including phenoxy) is 1. The Morgan fingerprint density at radius 3 is 2.47 bits per heavy atom. The molecule has 0 fully saturated rings. The van der Waals surface area contributed by atoms with E-state index in [9.17, 15) is 0 Å². The van der Waals surface area contributed by atoms with E-state index in [0.29, 0.717) is 17.6 Å². The fourth-order valence-electron chi connectivity index (χ4n) is 1.87. The SMILES string of the molecule is CCOC(C)(C)c1nc(Cl)cc(-c2ccccc2)n1. The highest BCUT2D eigenvalue weighted by molar-refractivity contribution is 6.29. The van der Waals surface area contributed by atoms with Gasteiger partial charge in [0.1, 0.15) is 10.8 Å². The molecule has 19 heavy (non-hydrogen) atoms. The van der Waals surface area contributed by atoms with E-state index in [0.717, 1.165) is 11.3 Å². The van der Waals surface area contributed by atoms with E-state index >= 15 is 0 Å². The van der Waals surface area contributed by atoms with Crippen molar-refractivity contribution in [2.75, 3.05) is 6.61 Å². The van der Waals surface area contributed by atoms with Crippen LogP contribution in [0.3, 0.4) is 0 Å². The van der Waals surface area contributed by atoms with E-state index in [1.165, 1.54) is 0 Å². The molecule has 0 aliphatic rings. The summed E-state index contributed by atoms with van der Waals surface area (Å²) in [7, 11) is 0. The van der Waals surface area contributed by atoms with Crippen molar-refractivity contribution in [2.45, 2.75) is 26.4 Å². The molecule has 0 spiro atoms. The monoisotopic (exact) mass is 276 g/mol. The lowest BCUT2D eigenvalue weighted by Gasteiger charge is -2.23. The van der Waals surface area contributed by atoms with Gasteiger partial charge in [-0.2, -0.15) is 0 Å². The molecule has 0 N–H and O–H groups in total. The van der Waals surface area contributed by atoms with E-state index in [1.54, 1.807) is 6.07 Å². The van der Waals surface area contributed by atoms with Crippen molar-refractivity contribution in [1.82, 2.24) is 9.97 Å². The first-order valence-corrected chi connectivity index (χ1v) is 6.65. The zero-order valence-electron chi connectivity index (χ0n) is 11.4. The van der Waals surface area contributed by atoms with Gasteiger partial charge in [0.2, 0.25) is 0 Å². The molecule has 2 rings (SSSR count). The maximum absolute atomic E-state index is 6.10. The summed E-state index contributed by atoms with van der Waals surface area (Å²) in [5.74, 6) is 0.598. The summed E-state index contributed by atoms with van der Waals surface area (Å²) >= 11 is 6.10. The fourth-order valence-corrected chi connectivity index (χ4v) is 2.05. The molecular weight excluding hydrogens is 260 g/mol. The van der Waals surface area contributed by atoms with Crippen LogP contribution >= 0.6 is 11.6 Å². The van der Waals surface area contributed by atoms with Gasteiger partial charge in [-0.05, 0) is 20.8 Å². The molecule has 0 aliphatic heterocycles. The second-order valence-corrected chi connectivity index (χ2v) is 5.10. The summed E-state index contributed by atoms with van der Waals surface area (Å²) in [6.07, 6.45) is 0. The molecule has 2 aromatic rings. The van der Waals surface area contributed by atoms with Crippen molar-refractivity contribution < 1.29 is 4.74 Å². The molecule has 0 saturated heterocycles. The van der Waals surface area contributed by atoms with Crippen LogP contribution in [0.1, 0.15) is 26.6 Å². The summed E-state index contributed by atoms with van der Waals surface area (Å²) in [6, 6.07) is 11.7. The molecule has 1 aromatic heterocycles. The molecular formula is C15H17ClN2O. The number of hydrogen-bond acceptors (Lipinski definition) is 3. The molecule has 100 valence electrons. The van der Waals surface area contributed by atoms with Gasteiger partial charge in [0.05, 0.1) is 5.69 Å². The van der Waals surface area contributed by atoms with Crippen LogP contribution in [0.2, 0.25) is 5.15 Å². The molecule has 0 aliphatic carbocycles. The standard InChI is InChI=1S/C15H17ClN2O/c1-4-19-15(2,3)14-17-12(10-13(16)18-14)11-8-6-5-7-9-11/h5-10H,4H2,1-3H3. The maximum Gasteiger partial charge on any atom is 0.161 e. The summed E-state index contributed by atoms with van der Waals surface area (Å²) in [5, 5.41) is 0.427. The summed E-state index contributed by atoms with van der Waals surface area (Å²) in [5.41, 5.74) is 1.27. The van der Waals surface area contributed by atoms with Gasteiger partial charge in [-0.3, -0.25) is 0 Å². The summed E-state index contributed by atoms with van der Waals surface area (Å²) in [4.78, 5) is 8.85. The third-order valence-electron chi connectivity index (χ3n) is 2.81. The summed E-state index contributed by atoms with van der Waals surface area (Å²) < 4.78 is 5.68. The Morgan fingerprint density at radius 2 is 1.84 bits per heavy atom. The van der Waals surface area contributed by atoms with Crippen LogP contribution in [0, 0.1) is 0 Å². The Labute approximate surface area is 118 Å². The van der Waals surface area contributed by atoms with E-state index in [1.807, 2.05) is 51.1 Å². The van der Waals surface area contributed by atoms with Crippen LogP contribution in [0.15, 0.2) is 36.4 Å². The smallest absolute Gasteiger partial charge is 0.161 e. The molecule has 1 heterocycles. The number of nitrogens with zero attached hydrogens (tertiary/aromatic N) is 2. The topological polar surface area (TPSA) is 35.0 Å². The van der Waals surface area contributed by atoms with Crippen molar-refractivity contribution in [2.24, 2.45) is 0 Å². The van der Waals surface area contributed by atoms with Crippen LogP contribution in [0.5, 0.6) is 0 Å². The molecule has 3 nitrogen and oxygen atoms in total. The van der Waals surface area contributed by atoms with Crippen molar-refractivity contribution in [3.8, 4) is 11.3 Å². The minimum absolute atomic E-state index is 0.427. The average molecular weight is 277 g/mol. The molecule has 1 aromatic carbocycles. The number of rotatable bonds is 4. The molecule has 4 heteroatoms. The van der Waals surface area contributed by atoms with Crippen molar-refractivity contribution in [3.63, 3.8) is 0 Å². The van der Waals surface area contributed by atoms with Crippen LogP contribution < -0.4 is 0 Å². The van der Waals surface area contributed by atoms with Gasteiger partial charge in [0, 0.05) is 18.2 Å². The highest BCUT2D eigenvalue weighted by Gasteiger charge is 2.25. The van der Waals surface area contributed by atoms with E-state index in [4.69, 9.17) is 16.3 Å². The minimum atomic E-state index is -0.552.